The molecule has 0 aromatic heterocycles. The van der Waals surface area contributed by atoms with Crippen LogP contribution in [-0.4, -0.2) is 60.6 Å². The van der Waals surface area contributed by atoms with E-state index in [4.69, 9.17) is 14.2 Å². The Hall–Kier alpha value is -3.76. The normalized spacial score (nSPS) is 16.3. The number of imide groups is 1. The molecule has 3 aromatic carbocycles. The number of aliphatic hydroxyl groups excluding tert-OH is 1. The van der Waals surface area contributed by atoms with Crippen molar-refractivity contribution in [1.29, 1.82) is 0 Å². The molecule has 0 aliphatic carbocycles. The molecular weight excluding hydrogens is 594 g/mol. The molecule has 1 atom stereocenters. The van der Waals surface area contributed by atoms with Gasteiger partial charge < -0.3 is 24.6 Å². The van der Waals surface area contributed by atoms with Crippen LogP contribution in [0.4, 0.5) is 10.5 Å². The van der Waals surface area contributed by atoms with Gasteiger partial charge in [-0.1, -0.05) is 61.4 Å². The molecule has 2 N–H and O–H groups in total. The van der Waals surface area contributed by atoms with Crippen molar-refractivity contribution in [3.05, 3.63) is 95.1 Å². The number of amides is 3. The van der Waals surface area contributed by atoms with Crippen molar-refractivity contribution in [2.24, 2.45) is 0 Å². The average Bonchev–Trinajstić information content (AvgIpc) is 3.35. The van der Waals surface area contributed by atoms with Crippen LogP contribution >= 0.6 is 0 Å². The first-order valence-corrected chi connectivity index (χ1v) is 17.0. The lowest BCUT2D eigenvalue weighted by Crippen LogP contribution is -2.35. The monoisotopic (exact) mass is 643 g/mol. The van der Waals surface area contributed by atoms with Crippen LogP contribution in [0.15, 0.2) is 72.8 Å². The molecular formula is C38H49N3O6. The number of carbonyl (C=O) groups is 2. The summed E-state index contributed by atoms with van der Waals surface area (Å²) in [5, 5.41) is 14.0. The maximum Gasteiger partial charge on any atom is 0.332 e. The lowest BCUT2D eigenvalue weighted by atomic mass is 10.0. The fraction of sp³-hybridized carbons (Fsp3) is 0.474. The number of aliphatic hydroxyl groups is 1. The molecule has 0 spiro atoms. The van der Waals surface area contributed by atoms with Crippen LogP contribution in [0.1, 0.15) is 80.7 Å². The number of benzene rings is 3. The number of nitrogens with zero attached hydrogens (tertiary/aromatic N) is 2. The summed E-state index contributed by atoms with van der Waals surface area (Å²) in [4.78, 5) is 28.5. The van der Waals surface area contributed by atoms with Gasteiger partial charge in [-0.05, 0) is 79.6 Å². The lowest BCUT2D eigenvalue weighted by Gasteiger charge is -2.33. The largest absolute Gasteiger partial charge is 0.463 e. The number of nitrogens with one attached hydrogen (secondary N) is 1. The molecule has 3 amide bonds. The van der Waals surface area contributed by atoms with E-state index >= 15 is 0 Å². The number of hydrogen-bond acceptors (Lipinski definition) is 7. The van der Waals surface area contributed by atoms with Gasteiger partial charge >= 0.3 is 6.03 Å². The van der Waals surface area contributed by atoms with Crippen molar-refractivity contribution in [2.75, 3.05) is 37.7 Å². The van der Waals surface area contributed by atoms with Crippen LogP contribution in [0.3, 0.4) is 0 Å². The molecule has 2 aliphatic heterocycles. The lowest BCUT2D eigenvalue weighted by molar-refractivity contribution is -0.180. The first-order valence-electron chi connectivity index (χ1n) is 17.0. The first-order chi connectivity index (χ1) is 22.8. The average molecular weight is 644 g/mol. The Kier molecular flexibility index (Phi) is 12.4. The maximum atomic E-state index is 13.0. The Labute approximate surface area is 278 Å². The van der Waals surface area contributed by atoms with Crippen LogP contribution in [-0.2, 0) is 33.8 Å². The molecule has 1 saturated heterocycles. The summed E-state index contributed by atoms with van der Waals surface area (Å²) in [6.45, 7) is 7.55. The molecule has 0 unspecified atom stereocenters. The Balaban J connectivity index is 0.882. The highest BCUT2D eigenvalue weighted by Gasteiger charge is 2.36. The molecule has 2 aliphatic rings. The van der Waals surface area contributed by atoms with Gasteiger partial charge in [-0.15, -0.1) is 0 Å². The van der Waals surface area contributed by atoms with Gasteiger partial charge in [0, 0.05) is 44.9 Å². The third-order valence-corrected chi connectivity index (χ3v) is 8.60. The molecule has 9 nitrogen and oxygen atoms in total. The first kappa shape index (κ1) is 34.6. The second-order valence-electron chi connectivity index (χ2n) is 12.9. The van der Waals surface area contributed by atoms with Crippen molar-refractivity contribution in [3.8, 4) is 5.75 Å². The number of rotatable bonds is 18. The highest BCUT2D eigenvalue weighted by molar-refractivity contribution is 6.12. The van der Waals surface area contributed by atoms with Gasteiger partial charge in [-0.3, -0.25) is 14.6 Å². The summed E-state index contributed by atoms with van der Waals surface area (Å²) in [6, 6.07) is 23.1. The predicted octanol–water partition coefficient (Wildman–Crippen LogP) is 6.52. The summed E-state index contributed by atoms with van der Waals surface area (Å²) in [5.41, 5.74) is 4.70. The van der Waals surface area contributed by atoms with Gasteiger partial charge in [0.2, 0.25) is 5.79 Å². The fourth-order valence-electron chi connectivity index (χ4n) is 5.91. The molecule has 3 aromatic rings. The van der Waals surface area contributed by atoms with E-state index in [-0.39, 0.29) is 18.5 Å². The number of hydrogen-bond donors (Lipinski definition) is 2. The molecule has 5 rings (SSSR count). The number of unbranched alkanes of at least 4 members (excludes halogenated alkanes) is 4. The Morgan fingerprint density at radius 3 is 2.49 bits per heavy atom. The van der Waals surface area contributed by atoms with Crippen LogP contribution in [0, 0.1) is 0 Å². The number of carbonyl (C=O) groups excluding carboxylic acids is 2. The van der Waals surface area contributed by atoms with Gasteiger partial charge in [0.25, 0.3) is 5.91 Å². The minimum atomic E-state index is -0.619. The van der Waals surface area contributed by atoms with E-state index in [0.717, 1.165) is 98.4 Å². The van der Waals surface area contributed by atoms with Crippen molar-refractivity contribution < 1.29 is 28.9 Å². The summed E-state index contributed by atoms with van der Waals surface area (Å²) >= 11 is 0. The second kappa shape index (κ2) is 16.9. The third kappa shape index (κ3) is 10.1. The second-order valence-corrected chi connectivity index (χ2v) is 12.9. The Morgan fingerprint density at radius 1 is 0.894 bits per heavy atom. The number of aryl methyl sites for hydroxylation is 1. The Bertz CT molecular complexity index is 1460. The topological polar surface area (TPSA) is 101 Å². The van der Waals surface area contributed by atoms with E-state index in [1.165, 1.54) is 4.90 Å². The number of anilines is 1. The fourth-order valence-corrected chi connectivity index (χ4v) is 5.91. The zero-order valence-corrected chi connectivity index (χ0v) is 27.8. The van der Waals surface area contributed by atoms with Crippen LogP contribution in [0.25, 0.3) is 0 Å². The molecule has 47 heavy (non-hydrogen) atoms. The molecule has 252 valence electrons. The SMILES string of the molecule is CC1(C)OCc2cc([C@H](O)CNCCCCCCOCCCCc3cccc(N4CC(=O)N(Cc5ccccc5)C4=O)c3)ccc2O1. The summed E-state index contributed by atoms with van der Waals surface area (Å²) in [6.07, 6.45) is 6.67. The van der Waals surface area contributed by atoms with Gasteiger partial charge in [0.05, 0.1) is 19.3 Å². The molecule has 0 radical (unpaired) electrons. The van der Waals surface area contributed by atoms with Crippen molar-refractivity contribution in [1.82, 2.24) is 10.2 Å². The maximum absolute atomic E-state index is 13.0. The van der Waals surface area contributed by atoms with Crippen molar-refractivity contribution in [2.45, 2.75) is 83.8 Å². The molecule has 2 heterocycles. The van der Waals surface area contributed by atoms with Gasteiger partial charge in [0.15, 0.2) is 0 Å². The van der Waals surface area contributed by atoms with E-state index in [0.29, 0.717) is 19.7 Å². The van der Waals surface area contributed by atoms with Gasteiger partial charge in [0.1, 0.15) is 12.3 Å². The minimum Gasteiger partial charge on any atom is -0.463 e. The zero-order valence-electron chi connectivity index (χ0n) is 27.8. The smallest absolute Gasteiger partial charge is 0.332 e. The van der Waals surface area contributed by atoms with Crippen LogP contribution < -0.4 is 15.0 Å². The number of fused-ring (bicyclic) bond motifs is 1. The van der Waals surface area contributed by atoms with E-state index in [1.54, 1.807) is 4.90 Å². The van der Waals surface area contributed by atoms with Crippen molar-refractivity contribution >= 4 is 17.6 Å². The van der Waals surface area contributed by atoms with E-state index in [1.807, 2.05) is 80.6 Å². The van der Waals surface area contributed by atoms with Crippen LogP contribution in [0.2, 0.25) is 0 Å². The predicted molar refractivity (Wildman–Crippen MR) is 182 cm³/mol. The third-order valence-electron chi connectivity index (χ3n) is 8.60. The minimum absolute atomic E-state index is 0.0735. The Morgan fingerprint density at radius 2 is 1.66 bits per heavy atom. The zero-order chi connectivity index (χ0) is 33.1. The van der Waals surface area contributed by atoms with E-state index < -0.39 is 11.9 Å². The summed E-state index contributed by atoms with van der Waals surface area (Å²) < 4.78 is 17.4. The summed E-state index contributed by atoms with van der Waals surface area (Å²) in [5.74, 6) is 0.0261. The van der Waals surface area contributed by atoms with Crippen LogP contribution in [0.5, 0.6) is 5.75 Å². The molecule has 1 fully saturated rings. The molecule has 9 heteroatoms. The highest BCUT2D eigenvalue weighted by atomic mass is 16.7. The van der Waals surface area contributed by atoms with E-state index in [2.05, 4.69) is 11.4 Å². The summed E-state index contributed by atoms with van der Waals surface area (Å²) in [7, 11) is 0. The standard InChI is InChI=1S/C38H49N3O6/c1-38(2)46-28-32-24-31(18-19-35(32)47-38)34(42)25-39-20-9-3-4-10-21-45-22-11-8-13-29-16-12-17-33(23-29)40-27-36(43)41(37(40)44)26-30-14-6-5-7-15-30/h5-7,12,14-19,23-24,34,39,42H,3-4,8-11,13,20-22,25-28H2,1-2H3/t34-/m1/s1. The van der Waals surface area contributed by atoms with E-state index in [9.17, 15) is 14.7 Å². The molecule has 0 bridgehead atoms. The number of urea groups is 1. The molecule has 0 saturated carbocycles. The quantitative estimate of drug-likeness (QED) is 0.120. The van der Waals surface area contributed by atoms with Gasteiger partial charge in [-0.2, -0.15) is 0 Å². The number of ether oxygens (including phenoxy) is 3. The van der Waals surface area contributed by atoms with Gasteiger partial charge in [-0.25, -0.2) is 4.79 Å². The highest BCUT2D eigenvalue weighted by Crippen LogP contribution is 2.33. The van der Waals surface area contributed by atoms with Crippen molar-refractivity contribution in [3.63, 3.8) is 0 Å².